The average molecular weight is 521 g/mol. The molecular weight excluding hydrogens is 492 g/mol. The van der Waals surface area contributed by atoms with E-state index in [0.29, 0.717) is 11.1 Å². The summed E-state index contributed by atoms with van der Waals surface area (Å²) in [5.41, 5.74) is -1.25. The minimum absolute atomic E-state index is 0.165. The first-order valence-electron chi connectivity index (χ1n) is 12.0. The van der Waals surface area contributed by atoms with Gasteiger partial charge in [0.25, 0.3) is 11.8 Å². The molecule has 1 spiro atoms. The summed E-state index contributed by atoms with van der Waals surface area (Å²) in [6, 6.07) is 13.4. The van der Waals surface area contributed by atoms with Gasteiger partial charge >= 0.3 is 0 Å². The molecule has 3 amide bonds. The number of nitrogens with zero attached hydrogens (tertiary/aromatic N) is 2. The molecule has 3 aliphatic rings. The van der Waals surface area contributed by atoms with Gasteiger partial charge < -0.3 is 36.4 Å². The van der Waals surface area contributed by atoms with Gasteiger partial charge in [0.2, 0.25) is 11.7 Å². The van der Waals surface area contributed by atoms with Crippen molar-refractivity contribution in [1.82, 2.24) is 31.1 Å². The molecule has 0 aromatic heterocycles. The molecule has 0 radical (unpaired) electrons. The van der Waals surface area contributed by atoms with E-state index in [-0.39, 0.29) is 25.0 Å². The highest BCUT2D eigenvalue weighted by Crippen LogP contribution is 2.43. The van der Waals surface area contributed by atoms with Crippen LogP contribution < -0.4 is 21.3 Å². The SMILES string of the molecule is CC(=O)N(CC1NC(=N)N2CC(NC(=O)c3ccccc3)C(O)(O)[C@@]23NC(=N)NC13)C(=O)c1ccccc1. The summed E-state index contributed by atoms with van der Waals surface area (Å²) in [7, 11) is 0. The summed E-state index contributed by atoms with van der Waals surface area (Å²) in [6.45, 7) is 0.846. The zero-order valence-electron chi connectivity index (χ0n) is 20.4. The first-order valence-corrected chi connectivity index (χ1v) is 12.0. The molecule has 3 saturated heterocycles. The van der Waals surface area contributed by atoms with E-state index in [0.717, 1.165) is 4.90 Å². The fourth-order valence-electron chi connectivity index (χ4n) is 5.45. The lowest BCUT2D eigenvalue weighted by Gasteiger charge is -2.51. The van der Waals surface area contributed by atoms with Crippen LogP contribution in [0.5, 0.6) is 0 Å². The molecule has 3 fully saturated rings. The number of benzene rings is 2. The van der Waals surface area contributed by atoms with Crippen LogP contribution in [0.2, 0.25) is 0 Å². The molecule has 3 aliphatic heterocycles. The van der Waals surface area contributed by atoms with Gasteiger partial charge in [0.05, 0.1) is 18.6 Å². The van der Waals surface area contributed by atoms with E-state index < -0.39 is 47.3 Å². The second-order valence-electron chi connectivity index (χ2n) is 9.52. The zero-order valence-corrected chi connectivity index (χ0v) is 20.4. The van der Waals surface area contributed by atoms with E-state index in [2.05, 4.69) is 21.3 Å². The van der Waals surface area contributed by atoms with Gasteiger partial charge in [0.15, 0.2) is 17.6 Å². The van der Waals surface area contributed by atoms with Gasteiger partial charge in [-0.1, -0.05) is 36.4 Å². The van der Waals surface area contributed by atoms with Crippen molar-refractivity contribution < 1.29 is 24.6 Å². The molecule has 4 atom stereocenters. The number of hydrogen-bond acceptors (Lipinski definition) is 7. The van der Waals surface area contributed by atoms with Crippen molar-refractivity contribution in [2.24, 2.45) is 0 Å². The van der Waals surface area contributed by atoms with Crippen LogP contribution in [0, 0.1) is 10.8 Å². The number of aliphatic hydroxyl groups is 2. The van der Waals surface area contributed by atoms with Crippen LogP contribution in [-0.2, 0) is 4.79 Å². The van der Waals surface area contributed by atoms with E-state index in [1.165, 1.54) is 11.8 Å². The maximum atomic E-state index is 13.1. The fourth-order valence-corrected chi connectivity index (χ4v) is 5.45. The molecule has 2 aromatic rings. The summed E-state index contributed by atoms with van der Waals surface area (Å²) in [5, 5.41) is 51.1. The van der Waals surface area contributed by atoms with Gasteiger partial charge in [0.1, 0.15) is 6.04 Å². The van der Waals surface area contributed by atoms with Gasteiger partial charge in [-0.05, 0) is 24.3 Å². The Kier molecular flexibility index (Phi) is 6.04. The molecule has 38 heavy (non-hydrogen) atoms. The summed E-state index contributed by atoms with van der Waals surface area (Å²) in [6.07, 6.45) is 0. The van der Waals surface area contributed by atoms with E-state index in [9.17, 15) is 24.6 Å². The molecule has 0 saturated carbocycles. The highest BCUT2D eigenvalue weighted by atomic mass is 16.5. The summed E-state index contributed by atoms with van der Waals surface area (Å²) >= 11 is 0. The predicted octanol–water partition coefficient (Wildman–Crippen LogP) is -1.43. The Balaban J connectivity index is 1.46. The van der Waals surface area contributed by atoms with E-state index in [4.69, 9.17) is 10.8 Å². The highest BCUT2D eigenvalue weighted by molar-refractivity contribution is 6.04. The van der Waals surface area contributed by atoms with Crippen molar-refractivity contribution in [3.8, 4) is 0 Å². The van der Waals surface area contributed by atoms with Crippen LogP contribution in [0.4, 0.5) is 0 Å². The Bertz CT molecular complexity index is 1300. The first-order chi connectivity index (χ1) is 18.1. The van der Waals surface area contributed by atoms with Crippen LogP contribution in [-0.4, -0.2) is 92.3 Å². The van der Waals surface area contributed by atoms with Crippen LogP contribution >= 0.6 is 0 Å². The maximum absolute atomic E-state index is 13.1. The van der Waals surface area contributed by atoms with Crippen LogP contribution in [0.1, 0.15) is 27.6 Å². The van der Waals surface area contributed by atoms with Crippen molar-refractivity contribution >= 4 is 29.6 Å². The number of carbonyl (C=O) groups excluding carboxylic acids is 3. The number of rotatable bonds is 5. The van der Waals surface area contributed by atoms with Crippen molar-refractivity contribution in [1.29, 1.82) is 10.8 Å². The number of hydrogen-bond donors (Lipinski definition) is 8. The Morgan fingerprint density at radius 3 is 2.24 bits per heavy atom. The summed E-state index contributed by atoms with van der Waals surface area (Å²) in [5.74, 6) is -4.77. The van der Waals surface area contributed by atoms with Crippen molar-refractivity contribution in [3.63, 3.8) is 0 Å². The predicted molar refractivity (Wildman–Crippen MR) is 135 cm³/mol. The van der Waals surface area contributed by atoms with Crippen LogP contribution in [0.15, 0.2) is 60.7 Å². The Morgan fingerprint density at radius 2 is 1.63 bits per heavy atom. The van der Waals surface area contributed by atoms with Gasteiger partial charge in [-0.15, -0.1) is 0 Å². The molecule has 5 rings (SSSR count). The summed E-state index contributed by atoms with van der Waals surface area (Å²) < 4.78 is 0. The molecule has 2 aromatic carbocycles. The first kappa shape index (κ1) is 25.2. The standard InChI is InChI=1S/C25H28N8O5/c1-14(34)32(21(36)16-10-6-3-7-11-16)12-17-19-24(31-22(26)30-19)25(37,38)18(13-33(24)23(27)28-17)29-20(35)15-8-4-2-5-9-15/h2-11,17-19,37-38H,12-13H2,1H3,(H2,27,28)(H,29,35)(H3,26,30,31)/t17?,18?,19?,24-/m0/s1. The maximum Gasteiger partial charge on any atom is 0.260 e. The quantitative estimate of drug-likeness (QED) is 0.218. The Labute approximate surface area is 217 Å². The lowest BCUT2D eigenvalue weighted by Crippen LogP contribution is -2.81. The van der Waals surface area contributed by atoms with Crippen molar-refractivity contribution in [3.05, 3.63) is 71.8 Å². The smallest absolute Gasteiger partial charge is 0.260 e. The molecular formula is C25H28N8O5. The molecule has 8 N–H and O–H groups in total. The van der Waals surface area contributed by atoms with Crippen LogP contribution in [0.25, 0.3) is 0 Å². The van der Waals surface area contributed by atoms with Gasteiger partial charge in [-0.25, -0.2) is 0 Å². The number of guanidine groups is 2. The minimum Gasteiger partial charge on any atom is -0.361 e. The van der Waals surface area contributed by atoms with E-state index in [1.807, 2.05) is 0 Å². The molecule has 0 bridgehead atoms. The summed E-state index contributed by atoms with van der Waals surface area (Å²) in [4.78, 5) is 40.8. The Hall–Kier alpha value is -4.49. The molecule has 0 aliphatic carbocycles. The molecule has 3 unspecified atom stereocenters. The largest absolute Gasteiger partial charge is 0.361 e. The number of amides is 3. The number of carbonyl (C=O) groups is 3. The van der Waals surface area contributed by atoms with Gasteiger partial charge in [-0.2, -0.15) is 0 Å². The average Bonchev–Trinajstić information content (AvgIpc) is 3.37. The number of imide groups is 1. The van der Waals surface area contributed by atoms with E-state index in [1.54, 1.807) is 60.7 Å². The Morgan fingerprint density at radius 1 is 1.03 bits per heavy atom. The van der Waals surface area contributed by atoms with Crippen molar-refractivity contribution in [2.45, 2.75) is 36.5 Å². The third-order valence-corrected chi connectivity index (χ3v) is 7.26. The zero-order chi connectivity index (χ0) is 27.2. The third-order valence-electron chi connectivity index (χ3n) is 7.26. The lowest BCUT2D eigenvalue weighted by molar-refractivity contribution is -0.232. The normalized spacial score (nSPS) is 26.8. The van der Waals surface area contributed by atoms with Crippen LogP contribution in [0.3, 0.4) is 0 Å². The fraction of sp³-hybridized carbons (Fsp3) is 0.320. The molecule has 3 heterocycles. The third kappa shape index (κ3) is 3.83. The highest BCUT2D eigenvalue weighted by Gasteiger charge is 2.74. The molecule has 13 heteroatoms. The second-order valence-corrected chi connectivity index (χ2v) is 9.52. The van der Waals surface area contributed by atoms with Gasteiger partial charge in [-0.3, -0.25) is 30.1 Å². The topological polar surface area (TPSA) is 194 Å². The lowest BCUT2D eigenvalue weighted by atomic mass is 9.84. The van der Waals surface area contributed by atoms with Gasteiger partial charge in [0, 0.05) is 24.6 Å². The monoisotopic (exact) mass is 520 g/mol. The number of nitrogens with one attached hydrogen (secondary N) is 6. The molecule has 13 nitrogen and oxygen atoms in total. The second kappa shape index (κ2) is 9.11. The van der Waals surface area contributed by atoms with Crippen molar-refractivity contribution in [2.75, 3.05) is 13.1 Å². The molecule has 198 valence electrons. The minimum atomic E-state index is -2.67. The van der Waals surface area contributed by atoms with E-state index >= 15 is 0 Å².